The molecule has 3 aromatic carbocycles. The zero-order chi connectivity index (χ0) is 21.1. The summed E-state index contributed by atoms with van der Waals surface area (Å²) in [5.41, 5.74) is 7.65. The Hall–Kier alpha value is -3.73. The predicted molar refractivity (Wildman–Crippen MR) is 116 cm³/mol. The lowest BCUT2D eigenvalue weighted by Crippen LogP contribution is -2.42. The number of nitrogens with one attached hydrogen (secondary N) is 2. The van der Waals surface area contributed by atoms with E-state index in [1.54, 1.807) is 28.9 Å². The van der Waals surface area contributed by atoms with Gasteiger partial charge in [0.2, 0.25) is 12.3 Å². The lowest BCUT2D eigenvalue weighted by molar-refractivity contribution is -0.596. The highest BCUT2D eigenvalue weighted by atomic mass is 16.2. The molecule has 1 heterocycles. The van der Waals surface area contributed by atoms with Crippen molar-refractivity contribution in [2.75, 3.05) is 0 Å². The summed E-state index contributed by atoms with van der Waals surface area (Å²) in [5, 5.41) is 2.92. The van der Waals surface area contributed by atoms with E-state index in [0.717, 1.165) is 16.7 Å². The number of hydrazine groups is 1. The van der Waals surface area contributed by atoms with E-state index in [-0.39, 0.29) is 17.9 Å². The normalized spacial score (nSPS) is 19.5. The topological polar surface area (TPSA) is 61.2 Å². The van der Waals surface area contributed by atoms with Gasteiger partial charge in [-0.25, -0.2) is 0 Å². The monoisotopic (exact) mass is 398 g/mol. The molecule has 5 heteroatoms. The number of carbonyl (C=O) groups is 2. The van der Waals surface area contributed by atoms with Crippen LogP contribution in [0.2, 0.25) is 0 Å². The number of benzene rings is 3. The van der Waals surface area contributed by atoms with Gasteiger partial charge in [-0.2, -0.15) is 0 Å². The van der Waals surface area contributed by atoms with E-state index >= 15 is 0 Å². The van der Waals surface area contributed by atoms with E-state index in [2.05, 4.69) is 10.7 Å². The molecule has 5 nitrogen and oxygen atoms in total. The molecule has 1 fully saturated rings. The lowest BCUT2D eigenvalue weighted by atomic mass is 9.98. The van der Waals surface area contributed by atoms with Crippen LogP contribution in [0.1, 0.15) is 38.7 Å². The number of hydrogen-bond donors (Lipinski definition) is 2. The van der Waals surface area contributed by atoms with Crippen molar-refractivity contribution < 1.29 is 14.3 Å². The van der Waals surface area contributed by atoms with E-state index in [4.69, 9.17) is 0 Å². The lowest BCUT2D eigenvalue weighted by Gasteiger charge is -2.15. The van der Waals surface area contributed by atoms with Gasteiger partial charge in [0.25, 0.3) is 5.91 Å². The van der Waals surface area contributed by atoms with Crippen LogP contribution in [0.3, 0.4) is 0 Å². The Labute approximate surface area is 176 Å². The Morgan fingerprint density at radius 2 is 1.50 bits per heavy atom. The summed E-state index contributed by atoms with van der Waals surface area (Å²) in [6.07, 6.45) is 1.90. The molecule has 0 unspecified atom stereocenters. The number of nitrogens with zero attached hydrogens (tertiary/aromatic N) is 1. The van der Waals surface area contributed by atoms with Crippen LogP contribution < -0.4 is 10.7 Å². The highest BCUT2D eigenvalue weighted by Gasteiger charge is 2.47. The summed E-state index contributed by atoms with van der Waals surface area (Å²) < 4.78 is 1.79. The first kappa shape index (κ1) is 19.6. The van der Waals surface area contributed by atoms with Crippen LogP contribution >= 0.6 is 0 Å². The highest BCUT2D eigenvalue weighted by Crippen LogP contribution is 2.26. The van der Waals surface area contributed by atoms with Crippen molar-refractivity contribution in [2.24, 2.45) is 0 Å². The standard InChI is InChI=1S/C25H23N3O2/c1-17-8-12-19(13-9-17)16-28-23(20-14-10-18(2)11-15-20)22(25(30)27-28)26-24(29)21-6-4-3-5-7-21/h3-16,22-23H,1-2H3,(H-,26,27,29,30)/p+1/b28-16-/t22-,23+/m1/s1. The van der Waals surface area contributed by atoms with E-state index in [1.807, 2.05) is 74.7 Å². The molecule has 2 N–H and O–H groups in total. The summed E-state index contributed by atoms with van der Waals surface area (Å²) in [6, 6.07) is 23.9. The molecule has 0 saturated carbocycles. The second-order valence-corrected chi connectivity index (χ2v) is 7.60. The third kappa shape index (κ3) is 4.15. The minimum Gasteiger partial charge on any atom is -0.334 e. The maximum absolute atomic E-state index is 12.9. The molecule has 1 aliphatic heterocycles. The maximum Gasteiger partial charge on any atom is 0.304 e. The summed E-state index contributed by atoms with van der Waals surface area (Å²) in [7, 11) is 0. The maximum atomic E-state index is 12.9. The Kier molecular flexibility index (Phi) is 5.44. The van der Waals surface area contributed by atoms with Gasteiger partial charge < -0.3 is 5.32 Å². The van der Waals surface area contributed by atoms with Crippen LogP contribution in [0.5, 0.6) is 0 Å². The molecule has 2 amide bonds. The van der Waals surface area contributed by atoms with Gasteiger partial charge >= 0.3 is 5.91 Å². The van der Waals surface area contributed by atoms with Crippen molar-refractivity contribution in [3.05, 3.63) is 107 Å². The highest BCUT2D eigenvalue weighted by molar-refractivity contribution is 5.98. The van der Waals surface area contributed by atoms with Crippen LogP contribution in [-0.4, -0.2) is 28.8 Å². The number of hydrogen-bond acceptors (Lipinski definition) is 2. The molecule has 4 rings (SSSR count). The molecule has 0 aromatic heterocycles. The van der Waals surface area contributed by atoms with Gasteiger partial charge in [0, 0.05) is 16.7 Å². The molecule has 3 aromatic rings. The Morgan fingerprint density at radius 1 is 0.900 bits per heavy atom. The molecule has 1 saturated heterocycles. The molecule has 1 aliphatic rings. The molecule has 0 bridgehead atoms. The number of rotatable bonds is 4. The van der Waals surface area contributed by atoms with Gasteiger partial charge in [-0.05, 0) is 38.1 Å². The van der Waals surface area contributed by atoms with Crippen LogP contribution in [0, 0.1) is 13.8 Å². The first-order chi connectivity index (χ1) is 14.5. The Morgan fingerprint density at radius 3 is 2.13 bits per heavy atom. The third-order valence-electron chi connectivity index (χ3n) is 5.24. The van der Waals surface area contributed by atoms with Crippen LogP contribution in [0.15, 0.2) is 78.9 Å². The van der Waals surface area contributed by atoms with Crippen molar-refractivity contribution in [1.82, 2.24) is 10.7 Å². The fourth-order valence-corrected chi connectivity index (χ4v) is 3.57. The van der Waals surface area contributed by atoms with Gasteiger partial charge in [-0.3, -0.25) is 9.59 Å². The third-order valence-corrected chi connectivity index (χ3v) is 5.24. The average molecular weight is 398 g/mol. The molecule has 2 atom stereocenters. The quantitative estimate of drug-likeness (QED) is 0.663. The second-order valence-electron chi connectivity index (χ2n) is 7.60. The second kappa shape index (κ2) is 8.33. The first-order valence-electron chi connectivity index (χ1n) is 9.94. The molecular formula is C25H24N3O2+. The molecular weight excluding hydrogens is 374 g/mol. The minimum absolute atomic E-state index is 0.242. The fraction of sp³-hybridized carbons (Fsp3) is 0.160. The fourth-order valence-electron chi connectivity index (χ4n) is 3.57. The van der Waals surface area contributed by atoms with Crippen LogP contribution in [0.4, 0.5) is 0 Å². The molecule has 0 spiro atoms. The van der Waals surface area contributed by atoms with Crippen molar-refractivity contribution >= 4 is 18.0 Å². The van der Waals surface area contributed by atoms with E-state index in [1.165, 1.54) is 5.56 Å². The van der Waals surface area contributed by atoms with Gasteiger partial charge in [0.15, 0.2) is 6.04 Å². The zero-order valence-corrected chi connectivity index (χ0v) is 17.0. The van der Waals surface area contributed by atoms with Gasteiger partial charge in [-0.1, -0.05) is 65.7 Å². The smallest absolute Gasteiger partial charge is 0.304 e. The van der Waals surface area contributed by atoms with E-state index in [9.17, 15) is 9.59 Å². The van der Waals surface area contributed by atoms with Crippen molar-refractivity contribution in [3.63, 3.8) is 0 Å². The molecule has 30 heavy (non-hydrogen) atoms. The minimum atomic E-state index is -0.720. The van der Waals surface area contributed by atoms with E-state index in [0.29, 0.717) is 5.56 Å². The Bertz CT molecular complexity index is 1090. The summed E-state index contributed by atoms with van der Waals surface area (Å²) in [6.45, 7) is 4.05. The molecule has 0 radical (unpaired) electrons. The largest absolute Gasteiger partial charge is 0.334 e. The summed E-state index contributed by atoms with van der Waals surface area (Å²) >= 11 is 0. The molecule has 0 aliphatic carbocycles. The predicted octanol–water partition coefficient (Wildman–Crippen LogP) is 3.32. The molecule has 150 valence electrons. The average Bonchev–Trinajstić information content (AvgIpc) is 3.05. The van der Waals surface area contributed by atoms with E-state index < -0.39 is 6.04 Å². The van der Waals surface area contributed by atoms with Crippen LogP contribution in [0.25, 0.3) is 0 Å². The summed E-state index contributed by atoms with van der Waals surface area (Å²) in [5.74, 6) is -0.515. The van der Waals surface area contributed by atoms with Crippen LogP contribution in [-0.2, 0) is 4.79 Å². The number of carbonyl (C=O) groups excluding carboxylic acids is 2. The number of amides is 2. The van der Waals surface area contributed by atoms with Crippen molar-refractivity contribution in [2.45, 2.75) is 25.9 Å². The number of aryl methyl sites for hydroxylation is 2. The Balaban J connectivity index is 1.70. The SMILES string of the molecule is Cc1ccc(/C=[N+]2\NC(=O)[C@H](NC(=O)c3ccccc3)[C@@H]2c2ccc(C)cc2)cc1. The number of hydrazone groups is 1. The zero-order valence-electron chi connectivity index (χ0n) is 17.0. The van der Waals surface area contributed by atoms with Crippen molar-refractivity contribution in [1.29, 1.82) is 0 Å². The van der Waals surface area contributed by atoms with Crippen molar-refractivity contribution in [3.8, 4) is 0 Å². The first-order valence-corrected chi connectivity index (χ1v) is 9.94. The van der Waals surface area contributed by atoms with Gasteiger partial charge in [0.1, 0.15) is 0 Å². The van der Waals surface area contributed by atoms with Gasteiger partial charge in [-0.15, -0.1) is 10.1 Å². The summed E-state index contributed by atoms with van der Waals surface area (Å²) in [4.78, 5) is 25.6. The van der Waals surface area contributed by atoms with Gasteiger partial charge in [0.05, 0.1) is 0 Å².